The SMILES string of the molecule is COC(=O)N1CC(Nc2nnc(C)c(C)c2C#N)C1. The van der Waals surface area contributed by atoms with E-state index in [1.54, 1.807) is 4.90 Å². The molecular formula is C12H15N5O2. The smallest absolute Gasteiger partial charge is 0.409 e. The highest BCUT2D eigenvalue weighted by molar-refractivity contribution is 5.69. The van der Waals surface area contributed by atoms with E-state index in [0.29, 0.717) is 24.5 Å². The number of hydrogen-bond donors (Lipinski definition) is 1. The number of amides is 1. The molecule has 0 spiro atoms. The van der Waals surface area contributed by atoms with E-state index >= 15 is 0 Å². The van der Waals surface area contributed by atoms with Crippen LogP contribution in [0.1, 0.15) is 16.8 Å². The monoisotopic (exact) mass is 261 g/mol. The Kier molecular flexibility index (Phi) is 3.51. The number of aromatic nitrogens is 2. The Morgan fingerprint density at radius 1 is 1.47 bits per heavy atom. The van der Waals surface area contributed by atoms with Crippen molar-refractivity contribution in [3.05, 3.63) is 16.8 Å². The summed E-state index contributed by atoms with van der Waals surface area (Å²) in [5, 5.41) is 20.3. The molecule has 1 aliphatic rings. The summed E-state index contributed by atoms with van der Waals surface area (Å²) in [6.45, 7) is 4.73. The van der Waals surface area contributed by atoms with Gasteiger partial charge in [-0.3, -0.25) is 0 Å². The lowest BCUT2D eigenvalue weighted by Gasteiger charge is -2.38. The fourth-order valence-corrected chi connectivity index (χ4v) is 1.89. The van der Waals surface area contributed by atoms with Crippen LogP contribution in [0.4, 0.5) is 10.6 Å². The average Bonchev–Trinajstić information content (AvgIpc) is 2.36. The van der Waals surface area contributed by atoms with Crippen LogP contribution in [0.25, 0.3) is 0 Å². The second kappa shape index (κ2) is 5.10. The first-order valence-corrected chi connectivity index (χ1v) is 5.90. The minimum atomic E-state index is -0.343. The molecule has 1 aliphatic heterocycles. The van der Waals surface area contributed by atoms with Gasteiger partial charge in [0, 0.05) is 13.1 Å². The molecule has 1 N–H and O–H groups in total. The lowest BCUT2D eigenvalue weighted by atomic mass is 10.1. The van der Waals surface area contributed by atoms with Gasteiger partial charge in [0.05, 0.1) is 18.8 Å². The van der Waals surface area contributed by atoms with Crippen molar-refractivity contribution >= 4 is 11.9 Å². The molecule has 1 saturated heterocycles. The molecule has 1 aromatic heterocycles. The summed E-state index contributed by atoms with van der Waals surface area (Å²) in [6, 6.07) is 2.21. The molecule has 7 nitrogen and oxygen atoms in total. The van der Waals surface area contributed by atoms with Crippen molar-refractivity contribution in [2.24, 2.45) is 0 Å². The quantitative estimate of drug-likeness (QED) is 0.847. The van der Waals surface area contributed by atoms with Gasteiger partial charge in [-0.05, 0) is 19.4 Å². The Labute approximate surface area is 111 Å². The molecule has 2 rings (SSSR count). The van der Waals surface area contributed by atoms with Crippen molar-refractivity contribution in [2.45, 2.75) is 19.9 Å². The number of aryl methyl sites for hydroxylation is 1. The van der Waals surface area contributed by atoms with E-state index in [-0.39, 0.29) is 12.1 Å². The number of likely N-dealkylation sites (tertiary alicyclic amines) is 1. The van der Waals surface area contributed by atoms with Crippen LogP contribution in [0, 0.1) is 25.2 Å². The average molecular weight is 261 g/mol. The normalized spacial score (nSPS) is 14.5. The van der Waals surface area contributed by atoms with Crippen molar-refractivity contribution in [3.63, 3.8) is 0 Å². The van der Waals surface area contributed by atoms with E-state index in [4.69, 9.17) is 5.26 Å². The molecule has 2 heterocycles. The number of hydrogen-bond acceptors (Lipinski definition) is 6. The predicted molar refractivity (Wildman–Crippen MR) is 67.6 cm³/mol. The van der Waals surface area contributed by atoms with Gasteiger partial charge in [0.1, 0.15) is 11.6 Å². The van der Waals surface area contributed by atoms with Gasteiger partial charge in [-0.15, -0.1) is 5.10 Å². The van der Waals surface area contributed by atoms with Gasteiger partial charge >= 0.3 is 6.09 Å². The highest BCUT2D eigenvalue weighted by Crippen LogP contribution is 2.20. The molecule has 0 radical (unpaired) electrons. The second-order valence-electron chi connectivity index (χ2n) is 4.46. The Bertz CT molecular complexity index is 546. The van der Waals surface area contributed by atoms with Crippen LogP contribution < -0.4 is 5.32 Å². The van der Waals surface area contributed by atoms with E-state index in [0.717, 1.165) is 11.3 Å². The number of nitrogens with one attached hydrogen (secondary N) is 1. The van der Waals surface area contributed by atoms with Gasteiger partial charge < -0.3 is 15.0 Å². The number of nitrogens with zero attached hydrogens (tertiary/aromatic N) is 4. The zero-order chi connectivity index (χ0) is 14.0. The molecule has 0 bridgehead atoms. The van der Waals surface area contributed by atoms with Gasteiger partial charge in [0.25, 0.3) is 0 Å². The lowest BCUT2D eigenvalue weighted by Crippen LogP contribution is -2.57. The van der Waals surface area contributed by atoms with Crippen molar-refractivity contribution < 1.29 is 9.53 Å². The van der Waals surface area contributed by atoms with Gasteiger partial charge in [-0.1, -0.05) is 0 Å². The second-order valence-corrected chi connectivity index (χ2v) is 4.46. The van der Waals surface area contributed by atoms with E-state index < -0.39 is 0 Å². The summed E-state index contributed by atoms with van der Waals surface area (Å²) >= 11 is 0. The van der Waals surface area contributed by atoms with Crippen molar-refractivity contribution in [1.82, 2.24) is 15.1 Å². The maximum atomic E-state index is 11.2. The Hall–Kier alpha value is -2.36. The van der Waals surface area contributed by atoms with Crippen LogP contribution in [0.3, 0.4) is 0 Å². The molecule has 0 aromatic carbocycles. The van der Waals surface area contributed by atoms with Crippen LogP contribution in [-0.2, 0) is 4.74 Å². The first-order chi connectivity index (χ1) is 9.06. The summed E-state index contributed by atoms with van der Waals surface area (Å²) in [4.78, 5) is 12.8. The first kappa shape index (κ1) is 13.1. The van der Waals surface area contributed by atoms with Crippen LogP contribution in [0.15, 0.2) is 0 Å². The lowest BCUT2D eigenvalue weighted by molar-refractivity contribution is 0.0929. The number of ether oxygens (including phenoxy) is 1. The molecule has 7 heteroatoms. The van der Waals surface area contributed by atoms with Crippen LogP contribution in [0.5, 0.6) is 0 Å². The van der Waals surface area contributed by atoms with E-state index in [1.165, 1.54) is 7.11 Å². The molecular weight excluding hydrogens is 246 g/mol. The van der Waals surface area contributed by atoms with Gasteiger partial charge in [0.15, 0.2) is 5.82 Å². The maximum absolute atomic E-state index is 11.2. The summed E-state index contributed by atoms with van der Waals surface area (Å²) in [5.41, 5.74) is 2.07. The molecule has 0 aliphatic carbocycles. The highest BCUT2D eigenvalue weighted by atomic mass is 16.5. The third kappa shape index (κ3) is 2.42. The van der Waals surface area contributed by atoms with Gasteiger partial charge in [-0.2, -0.15) is 10.4 Å². The fraction of sp³-hybridized carbons (Fsp3) is 0.500. The van der Waals surface area contributed by atoms with Crippen LogP contribution in [-0.4, -0.2) is 47.4 Å². The maximum Gasteiger partial charge on any atom is 0.409 e. The van der Waals surface area contributed by atoms with Gasteiger partial charge in [0.2, 0.25) is 0 Å². The highest BCUT2D eigenvalue weighted by Gasteiger charge is 2.32. The zero-order valence-corrected chi connectivity index (χ0v) is 11.1. The molecule has 19 heavy (non-hydrogen) atoms. The third-order valence-corrected chi connectivity index (χ3v) is 3.22. The van der Waals surface area contributed by atoms with Crippen molar-refractivity contribution in [3.8, 4) is 6.07 Å². The number of methoxy groups -OCH3 is 1. The van der Waals surface area contributed by atoms with Crippen molar-refractivity contribution in [1.29, 1.82) is 5.26 Å². The molecule has 100 valence electrons. The fourth-order valence-electron chi connectivity index (χ4n) is 1.89. The Morgan fingerprint density at radius 3 is 2.74 bits per heavy atom. The largest absolute Gasteiger partial charge is 0.453 e. The standard InChI is InChI=1S/C12H15N5O2/c1-7-8(2)15-16-11(10(7)4-13)14-9-5-17(6-9)12(18)19-3/h9H,5-6H2,1-3H3,(H,14,16). The molecule has 0 saturated carbocycles. The van der Waals surface area contributed by atoms with Crippen LogP contribution in [0.2, 0.25) is 0 Å². The zero-order valence-electron chi connectivity index (χ0n) is 11.1. The number of nitriles is 1. The number of rotatable bonds is 2. The minimum absolute atomic E-state index is 0.0719. The number of carbonyl (C=O) groups is 1. The number of carbonyl (C=O) groups excluding carboxylic acids is 1. The summed E-state index contributed by atoms with van der Waals surface area (Å²) in [6.07, 6.45) is -0.343. The van der Waals surface area contributed by atoms with E-state index in [9.17, 15) is 4.79 Å². The molecule has 0 atom stereocenters. The summed E-state index contributed by atoms with van der Waals surface area (Å²) in [5.74, 6) is 0.472. The van der Waals surface area contributed by atoms with E-state index in [2.05, 4.69) is 26.3 Å². The van der Waals surface area contributed by atoms with Crippen molar-refractivity contribution in [2.75, 3.05) is 25.5 Å². The molecule has 1 fully saturated rings. The Morgan fingerprint density at radius 2 is 2.16 bits per heavy atom. The molecule has 1 amide bonds. The minimum Gasteiger partial charge on any atom is -0.453 e. The predicted octanol–water partition coefficient (Wildman–Crippen LogP) is 0.828. The first-order valence-electron chi connectivity index (χ1n) is 5.90. The third-order valence-electron chi connectivity index (χ3n) is 3.22. The Balaban J connectivity index is 2.05. The molecule has 0 unspecified atom stereocenters. The van der Waals surface area contributed by atoms with Crippen LogP contribution >= 0.6 is 0 Å². The van der Waals surface area contributed by atoms with Gasteiger partial charge in [-0.25, -0.2) is 4.79 Å². The van der Waals surface area contributed by atoms with E-state index in [1.807, 2.05) is 13.8 Å². The number of anilines is 1. The summed E-state index contributed by atoms with van der Waals surface area (Å²) in [7, 11) is 1.35. The molecule has 1 aromatic rings. The topological polar surface area (TPSA) is 91.1 Å². The summed E-state index contributed by atoms with van der Waals surface area (Å²) < 4.78 is 4.61.